The van der Waals surface area contributed by atoms with E-state index in [0.29, 0.717) is 16.8 Å². The molecule has 0 aliphatic heterocycles. The van der Waals surface area contributed by atoms with Crippen molar-refractivity contribution in [1.29, 1.82) is 0 Å². The van der Waals surface area contributed by atoms with Crippen molar-refractivity contribution in [2.75, 3.05) is 25.5 Å². The van der Waals surface area contributed by atoms with E-state index in [1.54, 1.807) is 0 Å². The Kier molecular flexibility index (Phi) is 7.46. The summed E-state index contributed by atoms with van der Waals surface area (Å²) in [6.07, 6.45) is 3.00. The summed E-state index contributed by atoms with van der Waals surface area (Å²) in [7, 11) is -2.43. The highest BCUT2D eigenvalue weighted by atomic mass is 32.2. The molecule has 0 unspecified atom stereocenters. The maximum atomic E-state index is 12.7. The minimum Gasteiger partial charge on any atom is -0.465 e. The van der Waals surface area contributed by atoms with Gasteiger partial charge in [0, 0.05) is 24.3 Å². The molecule has 0 bridgehead atoms. The monoisotopic (exact) mass is 414 g/mol. The number of nitrogens with one attached hydrogen (secondary N) is 1. The molecule has 0 saturated heterocycles. The summed E-state index contributed by atoms with van der Waals surface area (Å²) in [6.45, 7) is 7.47. The Bertz CT molecular complexity index is 986. The zero-order chi connectivity index (χ0) is 21.4. The molecule has 0 radical (unpaired) electrons. The predicted molar refractivity (Wildman–Crippen MR) is 111 cm³/mol. The van der Waals surface area contributed by atoms with Crippen molar-refractivity contribution in [1.82, 2.24) is 4.31 Å². The van der Waals surface area contributed by atoms with Crippen LogP contribution < -0.4 is 5.32 Å². The molecule has 1 amide bonds. The van der Waals surface area contributed by atoms with Crippen LogP contribution in [0, 0.1) is 0 Å². The summed E-state index contributed by atoms with van der Waals surface area (Å²) in [5, 5.41) is 2.68. The van der Waals surface area contributed by atoms with Crippen molar-refractivity contribution < 1.29 is 22.7 Å². The third kappa shape index (κ3) is 5.40. The SMILES string of the molecule is C=CCN(CC=C)S(=O)(=O)c1ccc(NC(=O)c2ccc(C(=O)OC)cc2)cc1. The molecule has 7 nitrogen and oxygen atoms in total. The lowest BCUT2D eigenvalue weighted by Gasteiger charge is -2.19. The van der Waals surface area contributed by atoms with E-state index in [-0.39, 0.29) is 18.0 Å². The standard InChI is InChI=1S/C21H22N2O5S/c1-4-14-23(15-5-2)29(26,27)19-12-10-18(11-13-19)22-20(24)16-6-8-17(9-7-16)21(25)28-3/h4-13H,1-2,14-15H2,3H3,(H,22,24). The smallest absolute Gasteiger partial charge is 0.337 e. The zero-order valence-corrected chi connectivity index (χ0v) is 16.8. The van der Waals surface area contributed by atoms with E-state index in [0.717, 1.165) is 0 Å². The molecule has 0 saturated carbocycles. The number of anilines is 1. The van der Waals surface area contributed by atoms with Crippen molar-refractivity contribution >= 4 is 27.6 Å². The van der Waals surface area contributed by atoms with Crippen molar-refractivity contribution in [3.63, 3.8) is 0 Å². The topological polar surface area (TPSA) is 92.8 Å². The molecule has 0 aliphatic carbocycles. The fourth-order valence-electron chi connectivity index (χ4n) is 2.50. The van der Waals surface area contributed by atoms with Gasteiger partial charge in [-0.15, -0.1) is 13.2 Å². The van der Waals surface area contributed by atoms with Crippen LogP contribution in [0.5, 0.6) is 0 Å². The Morgan fingerprint density at radius 1 is 0.966 bits per heavy atom. The number of rotatable bonds is 9. The fourth-order valence-corrected chi connectivity index (χ4v) is 3.88. The summed E-state index contributed by atoms with van der Waals surface area (Å²) in [5.41, 5.74) is 1.12. The van der Waals surface area contributed by atoms with E-state index < -0.39 is 21.9 Å². The van der Waals surface area contributed by atoms with E-state index >= 15 is 0 Å². The van der Waals surface area contributed by atoms with Crippen LogP contribution in [0.1, 0.15) is 20.7 Å². The van der Waals surface area contributed by atoms with Crippen molar-refractivity contribution in [3.05, 3.63) is 85.0 Å². The average Bonchev–Trinajstić information content (AvgIpc) is 2.73. The molecule has 8 heteroatoms. The fraction of sp³-hybridized carbons (Fsp3) is 0.143. The first-order valence-corrected chi connectivity index (χ1v) is 10.1. The highest BCUT2D eigenvalue weighted by Crippen LogP contribution is 2.19. The van der Waals surface area contributed by atoms with Crippen LogP contribution in [-0.2, 0) is 14.8 Å². The molecule has 29 heavy (non-hydrogen) atoms. The summed E-state index contributed by atoms with van der Waals surface area (Å²) in [6, 6.07) is 11.8. The number of nitrogens with zero attached hydrogens (tertiary/aromatic N) is 1. The van der Waals surface area contributed by atoms with Gasteiger partial charge in [-0.1, -0.05) is 12.2 Å². The van der Waals surface area contributed by atoms with E-state index in [9.17, 15) is 18.0 Å². The Morgan fingerprint density at radius 2 is 1.48 bits per heavy atom. The van der Waals surface area contributed by atoms with Gasteiger partial charge in [0.1, 0.15) is 0 Å². The lowest BCUT2D eigenvalue weighted by Crippen LogP contribution is -2.31. The summed E-state index contributed by atoms with van der Waals surface area (Å²) >= 11 is 0. The molecule has 0 heterocycles. The van der Waals surface area contributed by atoms with Gasteiger partial charge in [0.25, 0.3) is 5.91 Å². The van der Waals surface area contributed by atoms with Gasteiger partial charge in [-0.05, 0) is 48.5 Å². The van der Waals surface area contributed by atoms with Gasteiger partial charge in [-0.25, -0.2) is 13.2 Å². The number of benzene rings is 2. The Balaban J connectivity index is 2.13. The molecule has 0 aliphatic rings. The molecule has 0 atom stereocenters. The van der Waals surface area contributed by atoms with E-state index in [1.807, 2.05) is 0 Å². The van der Waals surface area contributed by atoms with Crippen LogP contribution in [0.15, 0.2) is 78.7 Å². The lowest BCUT2D eigenvalue weighted by molar-refractivity contribution is 0.0600. The number of carbonyl (C=O) groups is 2. The van der Waals surface area contributed by atoms with Crippen molar-refractivity contribution in [2.45, 2.75) is 4.90 Å². The summed E-state index contributed by atoms with van der Waals surface area (Å²) < 4.78 is 31.2. The first-order chi connectivity index (χ1) is 13.8. The largest absolute Gasteiger partial charge is 0.465 e. The van der Waals surface area contributed by atoms with E-state index in [4.69, 9.17) is 0 Å². The molecule has 0 spiro atoms. The molecule has 2 aromatic rings. The molecular weight excluding hydrogens is 392 g/mol. The third-order valence-corrected chi connectivity index (χ3v) is 5.83. The van der Waals surface area contributed by atoms with Gasteiger partial charge in [0.05, 0.1) is 17.6 Å². The van der Waals surface area contributed by atoms with E-state index in [2.05, 4.69) is 23.2 Å². The molecule has 0 aromatic heterocycles. The number of sulfonamides is 1. The quantitative estimate of drug-likeness (QED) is 0.503. The van der Waals surface area contributed by atoms with Crippen molar-refractivity contribution in [2.24, 2.45) is 0 Å². The number of methoxy groups -OCH3 is 1. The van der Waals surface area contributed by atoms with Crippen LogP contribution in [0.4, 0.5) is 5.69 Å². The van der Waals surface area contributed by atoms with Crippen LogP contribution in [-0.4, -0.2) is 44.8 Å². The second-order valence-electron chi connectivity index (χ2n) is 5.95. The Morgan fingerprint density at radius 3 is 1.97 bits per heavy atom. The highest BCUT2D eigenvalue weighted by molar-refractivity contribution is 7.89. The second-order valence-corrected chi connectivity index (χ2v) is 7.88. The lowest BCUT2D eigenvalue weighted by atomic mass is 10.1. The average molecular weight is 414 g/mol. The summed E-state index contributed by atoms with van der Waals surface area (Å²) in [5.74, 6) is -0.882. The van der Waals surface area contributed by atoms with E-state index in [1.165, 1.54) is 72.1 Å². The predicted octanol–water partition coefficient (Wildman–Crippen LogP) is 3.09. The minimum absolute atomic E-state index is 0.0987. The number of amides is 1. The molecule has 2 aromatic carbocycles. The van der Waals surface area contributed by atoms with Crippen LogP contribution in [0.3, 0.4) is 0 Å². The Labute approximate surface area is 170 Å². The number of esters is 1. The normalized spacial score (nSPS) is 11.0. The second kappa shape index (κ2) is 9.81. The molecule has 2 rings (SSSR count). The number of ether oxygens (including phenoxy) is 1. The first kappa shape index (κ1) is 22.1. The van der Waals surface area contributed by atoms with Crippen LogP contribution in [0.2, 0.25) is 0 Å². The third-order valence-electron chi connectivity index (χ3n) is 3.98. The van der Waals surface area contributed by atoms with Gasteiger partial charge < -0.3 is 10.1 Å². The van der Waals surface area contributed by atoms with Crippen LogP contribution >= 0.6 is 0 Å². The number of hydrogen-bond acceptors (Lipinski definition) is 5. The molecule has 152 valence electrons. The molecule has 1 N–H and O–H groups in total. The van der Waals surface area contributed by atoms with Gasteiger partial charge >= 0.3 is 5.97 Å². The highest BCUT2D eigenvalue weighted by Gasteiger charge is 2.22. The van der Waals surface area contributed by atoms with Gasteiger partial charge in [-0.3, -0.25) is 4.79 Å². The Hall–Kier alpha value is -3.23. The van der Waals surface area contributed by atoms with Crippen LogP contribution in [0.25, 0.3) is 0 Å². The molecule has 0 fully saturated rings. The zero-order valence-electron chi connectivity index (χ0n) is 16.0. The first-order valence-electron chi connectivity index (χ1n) is 8.65. The van der Waals surface area contributed by atoms with Gasteiger partial charge in [0.2, 0.25) is 10.0 Å². The number of carbonyl (C=O) groups excluding carboxylic acids is 2. The number of hydrogen-bond donors (Lipinski definition) is 1. The minimum atomic E-state index is -3.70. The summed E-state index contributed by atoms with van der Waals surface area (Å²) in [4.78, 5) is 23.9. The van der Waals surface area contributed by atoms with Gasteiger partial charge in [-0.2, -0.15) is 4.31 Å². The van der Waals surface area contributed by atoms with Crippen molar-refractivity contribution in [3.8, 4) is 0 Å². The maximum Gasteiger partial charge on any atom is 0.337 e. The maximum absolute atomic E-state index is 12.7. The van der Waals surface area contributed by atoms with Gasteiger partial charge in [0.15, 0.2) is 0 Å². The molecular formula is C21H22N2O5S.